The zero-order valence-corrected chi connectivity index (χ0v) is 9.13. The number of hydrogen-bond donors (Lipinski definition) is 2. The van der Waals surface area contributed by atoms with Crippen LogP contribution in [-0.4, -0.2) is 26.8 Å². The highest BCUT2D eigenvalue weighted by Gasteiger charge is 2.05. The van der Waals surface area contributed by atoms with Gasteiger partial charge in [0, 0.05) is 11.8 Å². The first-order valence-electron chi connectivity index (χ1n) is 4.56. The van der Waals surface area contributed by atoms with E-state index in [9.17, 15) is 9.59 Å². The minimum atomic E-state index is -0.987. The molecule has 0 aromatic carbocycles. The third-order valence-corrected chi connectivity index (χ3v) is 2.63. The minimum Gasteiger partial charge on any atom is -0.481 e. The van der Waals surface area contributed by atoms with Gasteiger partial charge in [0.2, 0.25) is 0 Å². The minimum absolute atomic E-state index is 0.219. The summed E-state index contributed by atoms with van der Waals surface area (Å²) >= 11 is 1.42. The van der Waals surface area contributed by atoms with Gasteiger partial charge in [-0.05, 0) is 6.42 Å². The summed E-state index contributed by atoms with van der Waals surface area (Å²) in [6.45, 7) is 2.02. The normalized spacial score (nSPS) is 10.2. The first-order chi connectivity index (χ1) is 7.11. The molecule has 1 aromatic heterocycles. The maximum absolute atomic E-state index is 11.2. The van der Waals surface area contributed by atoms with Crippen molar-refractivity contribution in [3.05, 3.63) is 22.1 Å². The van der Waals surface area contributed by atoms with Crippen LogP contribution in [0.4, 0.5) is 0 Å². The Morgan fingerprint density at radius 2 is 2.40 bits per heavy atom. The van der Waals surface area contributed by atoms with Gasteiger partial charge in [-0.3, -0.25) is 9.59 Å². The Hall–Kier alpha value is -1.30. The van der Waals surface area contributed by atoms with Crippen molar-refractivity contribution < 1.29 is 9.90 Å². The fraction of sp³-hybridized carbons (Fsp3) is 0.444. The molecule has 0 aliphatic carbocycles. The van der Waals surface area contributed by atoms with Gasteiger partial charge in [-0.2, -0.15) is 0 Å². The molecule has 0 unspecified atom stereocenters. The van der Waals surface area contributed by atoms with Crippen molar-refractivity contribution in [1.29, 1.82) is 0 Å². The number of aliphatic carboxylic acids is 1. The van der Waals surface area contributed by atoms with Gasteiger partial charge in [-0.15, -0.1) is 0 Å². The van der Waals surface area contributed by atoms with Gasteiger partial charge in [0.1, 0.15) is 0 Å². The number of H-pyrrole nitrogens is 1. The van der Waals surface area contributed by atoms with Crippen molar-refractivity contribution in [1.82, 2.24) is 9.97 Å². The van der Waals surface area contributed by atoms with Crippen LogP contribution in [0.15, 0.2) is 16.0 Å². The van der Waals surface area contributed by atoms with Crippen LogP contribution in [0.3, 0.4) is 0 Å². The highest BCUT2D eigenvalue weighted by molar-refractivity contribution is 7.99. The Morgan fingerprint density at radius 3 is 3.00 bits per heavy atom. The maximum Gasteiger partial charge on any atom is 0.309 e. The second kappa shape index (κ2) is 5.55. The monoisotopic (exact) mass is 228 g/mol. The van der Waals surface area contributed by atoms with Gasteiger partial charge in [-0.1, -0.05) is 18.7 Å². The van der Waals surface area contributed by atoms with Crippen LogP contribution in [0, 0.1) is 0 Å². The fourth-order valence-corrected chi connectivity index (χ4v) is 1.75. The SMILES string of the molecule is CCCSc1nc(CC(=O)O)cc(=O)[nH]1. The number of hydrogen-bond acceptors (Lipinski definition) is 4. The lowest BCUT2D eigenvalue weighted by Crippen LogP contribution is -2.12. The first kappa shape index (κ1) is 11.8. The summed E-state index contributed by atoms with van der Waals surface area (Å²) in [6.07, 6.45) is 0.751. The molecule has 0 saturated heterocycles. The molecule has 0 saturated carbocycles. The molecule has 6 heteroatoms. The van der Waals surface area contributed by atoms with E-state index in [-0.39, 0.29) is 12.0 Å². The molecule has 0 aliphatic rings. The number of aromatic nitrogens is 2. The average Bonchev–Trinajstić information content (AvgIpc) is 2.12. The van der Waals surface area contributed by atoms with Gasteiger partial charge in [0.25, 0.3) is 5.56 Å². The van der Waals surface area contributed by atoms with Crippen LogP contribution >= 0.6 is 11.8 Å². The molecule has 82 valence electrons. The Labute approximate surface area is 90.9 Å². The van der Waals surface area contributed by atoms with E-state index in [0.29, 0.717) is 10.9 Å². The van der Waals surface area contributed by atoms with Gasteiger partial charge in [-0.25, -0.2) is 4.98 Å². The van der Waals surface area contributed by atoms with Crippen LogP contribution in [-0.2, 0) is 11.2 Å². The molecule has 15 heavy (non-hydrogen) atoms. The molecule has 1 aromatic rings. The van der Waals surface area contributed by atoms with Crippen molar-refractivity contribution in [2.24, 2.45) is 0 Å². The van der Waals surface area contributed by atoms with Crippen molar-refractivity contribution in [3.63, 3.8) is 0 Å². The van der Waals surface area contributed by atoms with Gasteiger partial charge < -0.3 is 10.1 Å². The summed E-state index contributed by atoms with van der Waals surface area (Å²) in [4.78, 5) is 28.2. The summed E-state index contributed by atoms with van der Waals surface area (Å²) in [5, 5.41) is 9.05. The maximum atomic E-state index is 11.2. The summed E-state index contributed by atoms with van der Waals surface area (Å²) < 4.78 is 0. The Balaban J connectivity index is 2.84. The molecule has 0 atom stereocenters. The number of rotatable bonds is 5. The van der Waals surface area contributed by atoms with Gasteiger partial charge in [0.05, 0.1) is 12.1 Å². The molecule has 5 nitrogen and oxygen atoms in total. The second-order valence-corrected chi connectivity index (χ2v) is 4.04. The predicted molar refractivity (Wildman–Crippen MR) is 57.2 cm³/mol. The predicted octanol–water partition coefficient (Wildman–Crippen LogP) is 0.899. The number of carbonyl (C=O) groups is 1. The van der Waals surface area contributed by atoms with E-state index in [2.05, 4.69) is 9.97 Å². The van der Waals surface area contributed by atoms with E-state index in [4.69, 9.17) is 5.11 Å². The van der Waals surface area contributed by atoms with Crippen LogP contribution < -0.4 is 5.56 Å². The lowest BCUT2D eigenvalue weighted by molar-refractivity contribution is -0.136. The molecule has 0 amide bonds. The third kappa shape index (κ3) is 4.16. The topological polar surface area (TPSA) is 83.0 Å². The van der Waals surface area contributed by atoms with E-state index < -0.39 is 5.97 Å². The van der Waals surface area contributed by atoms with Crippen molar-refractivity contribution in [3.8, 4) is 0 Å². The fourth-order valence-electron chi connectivity index (χ4n) is 0.996. The molecule has 2 N–H and O–H groups in total. The average molecular weight is 228 g/mol. The molecule has 0 radical (unpaired) electrons. The molecule has 0 fully saturated rings. The van der Waals surface area contributed by atoms with Crippen molar-refractivity contribution in [2.75, 3.05) is 5.75 Å². The molecule has 0 bridgehead atoms. The molecular weight excluding hydrogens is 216 g/mol. The van der Waals surface area contributed by atoms with Crippen molar-refractivity contribution in [2.45, 2.75) is 24.9 Å². The summed E-state index contributed by atoms with van der Waals surface area (Å²) in [5.41, 5.74) is -0.00953. The van der Waals surface area contributed by atoms with E-state index in [1.165, 1.54) is 17.8 Å². The molecular formula is C9H12N2O3S. The largest absolute Gasteiger partial charge is 0.481 e. The van der Waals surface area contributed by atoms with E-state index in [0.717, 1.165) is 12.2 Å². The van der Waals surface area contributed by atoms with Crippen LogP contribution in [0.1, 0.15) is 19.0 Å². The third-order valence-electron chi connectivity index (χ3n) is 1.55. The van der Waals surface area contributed by atoms with Crippen LogP contribution in [0.5, 0.6) is 0 Å². The lowest BCUT2D eigenvalue weighted by Gasteiger charge is -2.00. The molecule has 1 heterocycles. The standard InChI is InChI=1S/C9H12N2O3S/c1-2-3-15-9-10-6(5-8(13)14)4-7(12)11-9/h4H,2-3,5H2,1H3,(H,13,14)(H,10,11,12). The Bertz CT molecular complexity index is 403. The number of carboxylic acid groups (broad SMARTS) is 1. The molecule has 0 aliphatic heterocycles. The lowest BCUT2D eigenvalue weighted by atomic mass is 10.3. The smallest absolute Gasteiger partial charge is 0.309 e. The summed E-state index contributed by atoms with van der Waals surface area (Å²) in [7, 11) is 0. The number of nitrogens with zero attached hydrogens (tertiary/aromatic N) is 1. The zero-order chi connectivity index (χ0) is 11.3. The van der Waals surface area contributed by atoms with E-state index in [1.54, 1.807) is 0 Å². The van der Waals surface area contributed by atoms with Crippen LogP contribution in [0.2, 0.25) is 0 Å². The Morgan fingerprint density at radius 1 is 1.67 bits per heavy atom. The number of aromatic amines is 1. The number of carboxylic acids is 1. The second-order valence-electron chi connectivity index (χ2n) is 2.96. The summed E-state index contributed by atoms with van der Waals surface area (Å²) in [6, 6.07) is 1.21. The zero-order valence-electron chi connectivity index (χ0n) is 8.32. The number of nitrogens with one attached hydrogen (secondary N) is 1. The van der Waals surface area contributed by atoms with Gasteiger partial charge in [0.15, 0.2) is 5.16 Å². The van der Waals surface area contributed by atoms with E-state index in [1.807, 2.05) is 6.92 Å². The summed E-state index contributed by atoms with van der Waals surface area (Å²) in [5.74, 6) is -0.140. The molecule has 1 rings (SSSR count). The first-order valence-corrected chi connectivity index (χ1v) is 5.55. The number of thioether (sulfide) groups is 1. The van der Waals surface area contributed by atoms with E-state index >= 15 is 0 Å². The quantitative estimate of drug-likeness (QED) is 0.578. The van der Waals surface area contributed by atoms with Crippen LogP contribution in [0.25, 0.3) is 0 Å². The highest BCUT2D eigenvalue weighted by Crippen LogP contribution is 2.12. The molecule has 0 spiro atoms. The van der Waals surface area contributed by atoms with Crippen molar-refractivity contribution >= 4 is 17.7 Å². The Kier molecular flexibility index (Phi) is 4.36. The highest BCUT2D eigenvalue weighted by atomic mass is 32.2. The van der Waals surface area contributed by atoms with Gasteiger partial charge >= 0.3 is 5.97 Å².